The highest BCUT2D eigenvalue weighted by molar-refractivity contribution is 5.98. The van der Waals surface area contributed by atoms with Crippen LogP contribution in [0.3, 0.4) is 0 Å². The van der Waals surface area contributed by atoms with Crippen LogP contribution < -0.4 is 5.73 Å². The molecule has 38 heavy (non-hydrogen) atoms. The van der Waals surface area contributed by atoms with Gasteiger partial charge in [-0.1, -0.05) is 60.7 Å². The average Bonchev–Trinajstić information content (AvgIpc) is 3.57. The maximum absolute atomic E-state index is 11.1. The topological polar surface area (TPSA) is 79.0 Å². The molecule has 2 aromatic heterocycles. The molecule has 2 heterocycles. The third-order valence-corrected chi connectivity index (χ3v) is 6.79. The van der Waals surface area contributed by atoms with Gasteiger partial charge in [0.05, 0.1) is 16.0 Å². The summed E-state index contributed by atoms with van der Waals surface area (Å²) in [6.07, 6.45) is 4.09. The second-order valence-electron chi connectivity index (χ2n) is 9.13. The molecule has 0 aliphatic carbocycles. The Kier molecular flexibility index (Phi) is 6.96. The molecule has 0 aliphatic rings. The Labute approximate surface area is 221 Å². The zero-order valence-corrected chi connectivity index (χ0v) is 21.5. The van der Waals surface area contributed by atoms with E-state index in [1.54, 1.807) is 12.1 Å². The molecule has 0 fully saturated rings. The van der Waals surface area contributed by atoms with E-state index in [1.165, 1.54) is 22.0 Å². The van der Waals surface area contributed by atoms with Gasteiger partial charge in [-0.2, -0.15) is 0 Å². The van der Waals surface area contributed by atoms with Gasteiger partial charge in [-0.15, -0.1) is 0 Å². The van der Waals surface area contributed by atoms with E-state index in [0.29, 0.717) is 0 Å². The van der Waals surface area contributed by atoms with Gasteiger partial charge in [0.25, 0.3) is 5.69 Å². The highest BCUT2D eigenvalue weighted by Gasteiger charge is 2.15. The molecule has 0 aliphatic heterocycles. The normalized spacial score (nSPS) is 10.9. The van der Waals surface area contributed by atoms with Gasteiger partial charge < -0.3 is 14.9 Å². The Morgan fingerprint density at radius 3 is 1.63 bits per heavy atom. The Hall–Kier alpha value is -4.84. The lowest BCUT2D eigenvalue weighted by Gasteiger charge is -2.09. The van der Waals surface area contributed by atoms with Crippen molar-refractivity contribution in [2.75, 3.05) is 5.73 Å². The summed E-state index contributed by atoms with van der Waals surface area (Å²) in [5.41, 5.74) is 13.6. The number of anilines is 1. The molecule has 0 saturated heterocycles. The van der Waals surface area contributed by atoms with E-state index in [0.717, 1.165) is 40.8 Å². The van der Waals surface area contributed by atoms with E-state index >= 15 is 0 Å². The lowest BCUT2D eigenvalue weighted by atomic mass is 10.0. The van der Waals surface area contributed by atoms with Crippen molar-refractivity contribution in [2.45, 2.75) is 26.9 Å². The van der Waals surface area contributed by atoms with Crippen LogP contribution in [0.4, 0.5) is 11.4 Å². The van der Waals surface area contributed by atoms with Crippen LogP contribution in [0.15, 0.2) is 109 Å². The SMILES string of the molecule is CCn1ccc2cc(N)cc(-c3ccccc3)c21.CCn1ccc2cc([N+](=O)[O-])cc(-c3ccccc3)c21. The van der Waals surface area contributed by atoms with Crippen molar-refractivity contribution in [3.8, 4) is 22.3 Å². The molecule has 6 nitrogen and oxygen atoms in total. The van der Waals surface area contributed by atoms with Gasteiger partial charge in [-0.05, 0) is 49.2 Å². The lowest BCUT2D eigenvalue weighted by Crippen LogP contribution is -1.95. The molecule has 0 amide bonds. The van der Waals surface area contributed by atoms with E-state index in [2.05, 4.69) is 65.6 Å². The molecule has 190 valence electrons. The summed E-state index contributed by atoms with van der Waals surface area (Å²) in [4.78, 5) is 10.8. The maximum atomic E-state index is 11.1. The Morgan fingerprint density at radius 1 is 0.684 bits per heavy atom. The van der Waals surface area contributed by atoms with E-state index in [1.807, 2.05) is 54.7 Å². The van der Waals surface area contributed by atoms with Crippen molar-refractivity contribution in [1.82, 2.24) is 9.13 Å². The van der Waals surface area contributed by atoms with Crippen LogP contribution in [0.1, 0.15) is 13.8 Å². The second-order valence-corrected chi connectivity index (χ2v) is 9.13. The van der Waals surface area contributed by atoms with E-state index < -0.39 is 0 Å². The number of fused-ring (bicyclic) bond motifs is 2. The van der Waals surface area contributed by atoms with E-state index in [4.69, 9.17) is 5.73 Å². The first-order valence-corrected chi connectivity index (χ1v) is 12.8. The quantitative estimate of drug-likeness (QED) is 0.147. The summed E-state index contributed by atoms with van der Waals surface area (Å²) in [6, 6.07) is 31.6. The largest absolute Gasteiger partial charge is 0.399 e. The van der Waals surface area contributed by atoms with Crippen LogP contribution >= 0.6 is 0 Å². The predicted octanol–water partition coefficient (Wildman–Crippen LogP) is 8.15. The summed E-state index contributed by atoms with van der Waals surface area (Å²) < 4.78 is 4.37. The third-order valence-electron chi connectivity index (χ3n) is 6.79. The highest BCUT2D eigenvalue weighted by Crippen LogP contribution is 2.34. The molecule has 0 bridgehead atoms. The number of benzene rings is 4. The predicted molar refractivity (Wildman–Crippen MR) is 157 cm³/mol. The summed E-state index contributed by atoms with van der Waals surface area (Å²) in [6.45, 7) is 6.02. The van der Waals surface area contributed by atoms with Crippen molar-refractivity contribution < 1.29 is 4.92 Å². The van der Waals surface area contributed by atoms with Gasteiger partial charge in [0.2, 0.25) is 0 Å². The van der Waals surface area contributed by atoms with Gasteiger partial charge >= 0.3 is 0 Å². The van der Waals surface area contributed by atoms with Crippen LogP contribution in [-0.2, 0) is 13.1 Å². The molecular weight excluding hydrogens is 472 g/mol. The third kappa shape index (κ3) is 4.76. The van der Waals surface area contributed by atoms with Gasteiger partial charge in [0.1, 0.15) is 0 Å². The van der Waals surface area contributed by atoms with E-state index in [9.17, 15) is 10.1 Å². The summed E-state index contributed by atoms with van der Waals surface area (Å²) in [7, 11) is 0. The van der Waals surface area contributed by atoms with Gasteiger partial charge in [0.15, 0.2) is 0 Å². The van der Waals surface area contributed by atoms with Crippen LogP contribution in [0.5, 0.6) is 0 Å². The monoisotopic (exact) mass is 502 g/mol. The zero-order valence-electron chi connectivity index (χ0n) is 21.5. The summed E-state index contributed by atoms with van der Waals surface area (Å²) in [5, 5.41) is 13.2. The number of aromatic nitrogens is 2. The summed E-state index contributed by atoms with van der Waals surface area (Å²) in [5.74, 6) is 0. The number of hydrogen-bond acceptors (Lipinski definition) is 3. The van der Waals surface area contributed by atoms with E-state index in [-0.39, 0.29) is 10.6 Å². The number of non-ortho nitro benzene ring substituents is 1. The van der Waals surface area contributed by atoms with Crippen LogP contribution in [-0.4, -0.2) is 14.1 Å². The number of nitro groups is 1. The summed E-state index contributed by atoms with van der Waals surface area (Å²) >= 11 is 0. The van der Waals surface area contributed by atoms with Gasteiger partial charge in [-0.25, -0.2) is 0 Å². The maximum Gasteiger partial charge on any atom is 0.270 e. The minimum Gasteiger partial charge on any atom is -0.399 e. The van der Waals surface area contributed by atoms with Crippen LogP contribution in [0.2, 0.25) is 0 Å². The average molecular weight is 503 g/mol. The van der Waals surface area contributed by atoms with Gasteiger partial charge in [-0.3, -0.25) is 10.1 Å². The molecule has 6 rings (SSSR count). The number of nitrogen functional groups attached to an aromatic ring is 1. The van der Waals surface area contributed by atoms with Gasteiger partial charge in [0, 0.05) is 65.2 Å². The standard InChI is InChI=1S/C16H14N2O2.C16H16N2/c1-2-17-9-8-13-10-14(18(19)20)11-15(16(13)17)12-6-4-3-5-7-12;1-2-18-9-8-13-10-14(17)11-15(16(13)18)12-6-4-3-5-7-12/h3-11H,2H2,1H3;3-11H,2,17H2,1H3. The van der Waals surface area contributed by atoms with Crippen molar-refractivity contribution in [2.24, 2.45) is 0 Å². The number of nitrogens with zero attached hydrogens (tertiary/aromatic N) is 3. The molecule has 0 unspecified atom stereocenters. The first kappa shape index (κ1) is 24.8. The molecule has 0 saturated carbocycles. The highest BCUT2D eigenvalue weighted by atomic mass is 16.6. The van der Waals surface area contributed by atoms with Crippen LogP contribution in [0.25, 0.3) is 44.1 Å². The number of hydrogen-bond donors (Lipinski definition) is 1. The first-order chi connectivity index (χ1) is 18.5. The minimum atomic E-state index is -0.338. The van der Waals surface area contributed by atoms with Crippen molar-refractivity contribution in [1.29, 1.82) is 0 Å². The number of nitrogens with two attached hydrogens (primary N) is 1. The molecule has 0 atom stereocenters. The molecule has 2 N–H and O–H groups in total. The smallest absolute Gasteiger partial charge is 0.270 e. The number of aryl methyl sites for hydroxylation is 2. The number of nitro benzene ring substituents is 1. The van der Waals surface area contributed by atoms with Crippen LogP contribution in [0, 0.1) is 10.1 Å². The Bertz CT molecular complexity index is 1720. The Morgan fingerprint density at radius 2 is 1.16 bits per heavy atom. The second kappa shape index (κ2) is 10.6. The Balaban J connectivity index is 0.000000156. The molecule has 4 aromatic carbocycles. The lowest BCUT2D eigenvalue weighted by molar-refractivity contribution is -0.384. The molecule has 0 spiro atoms. The molecule has 0 radical (unpaired) electrons. The molecular formula is C32H30N4O2. The molecule has 6 aromatic rings. The zero-order chi connectivity index (χ0) is 26.6. The minimum absolute atomic E-state index is 0.130. The van der Waals surface area contributed by atoms with Crippen molar-refractivity contribution in [3.05, 3.63) is 120 Å². The fraction of sp³-hybridized carbons (Fsp3) is 0.125. The first-order valence-electron chi connectivity index (χ1n) is 12.8. The number of rotatable bonds is 5. The fourth-order valence-electron chi connectivity index (χ4n) is 5.01. The van der Waals surface area contributed by atoms with Crippen molar-refractivity contribution in [3.63, 3.8) is 0 Å². The van der Waals surface area contributed by atoms with Crippen molar-refractivity contribution >= 4 is 33.2 Å². The fourth-order valence-corrected chi connectivity index (χ4v) is 5.01. The molecule has 6 heteroatoms.